The van der Waals surface area contributed by atoms with Gasteiger partial charge in [-0.3, -0.25) is 9.59 Å². The summed E-state index contributed by atoms with van der Waals surface area (Å²) in [5.41, 5.74) is 2.35. The lowest BCUT2D eigenvalue weighted by molar-refractivity contribution is -0.116. The van der Waals surface area contributed by atoms with Crippen LogP contribution in [0.1, 0.15) is 28.8 Å². The molecule has 3 nitrogen and oxygen atoms in total. The Kier molecular flexibility index (Phi) is 5.12. The summed E-state index contributed by atoms with van der Waals surface area (Å²) in [6, 6.07) is 14.2. The molecule has 1 N–H and O–H groups in total. The summed E-state index contributed by atoms with van der Waals surface area (Å²) in [4.78, 5) is 23.8. The highest BCUT2D eigenvalue weighted by molar-refractivity contribution is 6.30. The van der Waals surface area contributed by atoms with Crippen molar-refractivity contribution < 1.29 is 9.59 Å². The molecule has 0 bridgehead atoms. The van der Waals surface area contributed by atoms with Crippen LogP contribution >= 0.6 is 11.6 Å². The Bertz CT molecular complexity index is 650. The van der Waals surface area contributed by atoms with Crippen molar-refractivity contribution in [2.24, 2.45) is 0 Å². The molecule has 0 aliphatic rings. The maximum Gasteiger partial charge on any atom is 0.224 e. The average Bonchev–Trinajstić information content (AvgIpc) is 2.48. The first kappa shape index (κ1) is 15.3. The fraction of sp³-hybridized carbons (Fsp3) is 0.176. The van der Waals surface area contributed by atoms with Gasteiger partial charge in [-0.2, -0.15) is 0 Å². The van der Waals surface area contributed by atoms with Crippen LogP contribution < -0.4 is 5.32 Å². The Balaban J connectivity index is 1.88. The molecule has 0 aliphatic heterocycles. The van der Waals surface area contributed by atoms with Gasteiger partial charge in [0.2, 0.25) is 5.91 Å². The number of amides is 1. The molecule has 2 aromatic carbocycles. The average molecular weight is 302 g/mol. The molecular weight excluding hydrogens is 286 g/mol. The van der Waals surface area contributed by atoms with Crippen LogP contribution in [0.15, 0.2) is 48.5 Å². The van der Waals surface area contributed by atoms with Crippen LogP contribution in [0, 0.1) is 6.92 Å². The second kappa shape index (κ2) is 7.04. The lowest BCUT2D eigenvalue weighted by Crippen LogP contribution is -2.14. The van der Waals surface area contributed by atoms with E-state index < -0.39 is 0 Å². The van der Waals surface area contributed by atoms with E-state index in [1.807, 2.05) is 31.2 Å². The zero-order valence-corrected chi connectivity index (χ0v) is 12.5. The number of nitrogens with one attached hydrogen (secondary N) is 1. The van der Waals surface area contributed by atoms with Crippen LogP contribution in [0.3, 0.4) is 0 Å². The Morgan fingerprint density at radius 2 is 1.67 bits per heavy atom. The highest BCUT2D eigenvalue weighted by Gasteiger charge is 2.10. The highest BCUT2D eigenvalue weighted by atomic mass is 35.5. The minimum absolute atomic E-state index is 0.0633. The van der Waals surface area contributed by atoms with Gasteiger partial charge in [-0.05, 0) is 42.8 Å². The van der Waals surface area contributed by atoms with E-state index >= 15 is 0 Å². The minimum Gasteiger partial charge on any atom is -0.326 e. The molecule has 0 radical (unpaired) electrons. The third-order valence-electron chi connectivity index (χ3n) is 3.16. The molecule has 0 saturated heterocycles. The summed E-state index contributed by atoms with van der Waals surface area (Å²) in [7, 11) is 0. The molecule has 0 fully saturated rings. The monoisotopic (exact) mass is 301 g/mol. The predicted octanol–water partition coefficient (Wildman–Crippen LogP) is 4.25. The van der Waals surface area contributed by atoms with Gasteiger partial charge in [0, 0.05) is 29.1 Å². The van der Waals surface area contributed by atoms with Crippen LogP contribution in [-0.2, 0) is 4.79 Å². The maximum atomic E-state index is 12.0. The number of ketones is 1. The number of anilines is 1. The molecule has 0 saturated carbocycles. The Morgan fingerprint density at radius 1 is 1.00 bits per heavy atom. The van der Waals surface area contributed by atoms with Crippen molar-refractivity contribution in [1.82, 2.24) is 0 Å². The molecule has 0 aromatic heterocycles. The molecule has 21 heavy (non-hydrogen) atoms. The van der Waals surface area contributed by atoms with Gasteiger partial charge in [-0.25, -0.2) is 0 Å². The summed E-state index contributed by atoms with van der Waals surface area (Å²) in [6.07, 6.45) is 0.342. The normalized spacial score (nSPS) is 10.2. The molecular formula is C17H16ClNO2. The molecule has 0 heterocycles. The van der Waals surface area contributed by atoms with Crippen molar-refractivity contribution in [3.05, 3.63) is 64.7 Å². The number of halogens is 1. The second-order valence-electron chi connectivity index (χ2n) is 4.79. The van der Waals surface area contributed by atoms with Crippen LogP contribution in [0.4, 0.5) is 5.69 Å². The van der Waals surface area contributed by atoms with Crippen LogP contribution in [0.25, 0.3) is 0 Å². The van der Waals surface area contributed by atoms with E-state index in [4.69, 9.17) is 11.6 Å². The van der Waals surface area contributed by atoms with Crippen LogP contribution in [-0.4, -0.2) is 11.7 Å². The fourth-order valence-corrected chi connectivity index (χ4v) is 2.06. The van der Waals surface area contributed by atoms with E-state index in [1.165, 1.54) is 0 Å². The van der Waals surface area contributed by atoms with Crippen molar-refractivity contribution in [1.29, 1.82) is 0 Å². The fourth-order valence-electron chi connectivity index (χ4n) is 1.93. The molecule has 2 rings (SSSR count). The van der Waals surface area contributed by atoms with Crippen molar-refractivity contribution in [3.63, 3.8) is 0 Å². The number of rotatable bonds is 5. The largest absolute Gasteiger partial charge is 0.326 e. The molecule has 0 aliphatic carbocycles. The molecule has 4 heteroatoms. The van der Waals surface area contributed by atoms with Crippen molar-refractivity contribution in [3.8, 4) is 0 Å². The lowest BCUT2D eigenvalue weighted by atomic mass is 10.1. The van der Waals surface area contributed by atoms with Gasteiger partial charge in [-0.1, -0.05) is 29.8 Å². The third kappa shape index (κ3) is 4.43. The SMILES string of the molecule is Cc1ccccc1NC(=O)CCC(=O)c1ccc(Cl)cc1. The molecule has 0 atom stereocenters. The zero-order valence-electron chi connectivity index (χ0n) is 11.7. The smallest absolute Gasteiger partial charge is 0.224 e. The van der Waals surface area contributed by atoms with Crippen molar-refractivity contribution in [2.75, 3.05) is 5.32 Å². The summed E-state index contributed by atoms with van der Waals surface area (Å²) in [5, 5.41) is 3.40. The summed E-state index contributed by atoms with van der Waals surface area (Å²) < 4.78 is 0. The van der Waals surface area contributed by atoms with Gasteiger partial charge in [0.15, 0.2) is 5.78 Å². The van der Waals surface area contributed by atoms with Gasteiger partial charge in [0.1, 0.15) is 0 Å². The van der Waals surface area contributed by atoms with E-state index in [9.17, 15) is 9.59 Å². The number of hydrogen-bond donors (Lipinski definition) is 1. The molecule has 2 aromatic rings. The topological polar surface area (TPSA) is 46.2 Å². The lowest BCUT2D eigenvalue weighted by Gasteiger charge is -2.07. The molecule has 1 amide bonds. The molecule has 0 spiro atoms. The van der Waals surface area contributed by atoms with E-state index in [0.29, 0.717) is 10.6 Å². The Morgan fingerprint density at radius 3 is 2.33 bits per heavy atom. The first-order valence-electron chi connectivity index (χ1n) is 6.70. The van der Waals surface area contributed by atoms with Crippen molar-refractivity contribution in [2.45, 2.75) is 19.8 Å². The number of Topliss-reactive ketones (excluding diaryl/α,β-unsaturated/α-hetero) is 1. The molecule has 0 unspecified atom stereocenters. The van der Waals surface area contributed by atoms with Gasteiger partial charge in [-0.15, -0.1) is 0 Å². The van der Waals surface area contributed by atoms with E-state index in [0.717, 1.165) is 11.3 Å². The third-order valence-corrected chi connectivity index (χ3v) is 3.42. The molecule has 108 valence electrons. The van der Waals surface area contributed by atoms with Crippen LogP contribution in [0.5, 0.6) is 0 Å². The Labute approximate surface area is 128 Å². The summed E-state index contributed by atoms with van der Waals surface area (Å²) >= 11 is 5.77. The number of benzene rings is 2. The maximum absolute atomic E-state index is 12.0. The van der Waals surface area contributed by atoms with Crippen molar-refractivity contribution >= 4 is 29.0 Å². The van der Waals surface area contributed by atoms with Gasteiger partial charge in [0.25, 0.3) is 0 Å². The predicted molar refractivity (Wildman–Crippen MR) is 84.8 cm³/mol. The van der Waals surface area contributed by atoms with E-state index in [-0.39, 0.29) is 24.5 Å². The van der Waals surface area contributed by atoms with Gasteiger partial charge in [0.05, 0.1) is 0 Å². The quantitative estimate of drug-likeness (QED) is 0.839. The first-order valence-corrected chi connectivity index (χ1v) is 7.08. The number of carbonyl (C=O) groups excluding carboxylic acids is 2. The minimum atomic E-state index is -0.161. The zero-order chi connectivity index (χ0) is 15.2. The first-order chi connectivity index (χ1) is 10.1. The Hall–Kier alpha value is -2.13. The van der Waals surface area contributed by atoms with Gasteiger partial charge >= 0.3 is 0 Å². The number of carbonyl (C=O) groups is 2. The van der Waals surface area contributed by atoms with Gasteiger partial charge < -0.3 is 5.32 Å². The number of para-hydroxylation sites is 1. The number of aryl methyl sites for hydroxylation is 1. The van der Waals surface area contributed by atoms with Crippen LogP contribution in [0.2, 0.25) is 5.02 Å². The second-order valence-corrected chi connectivity index (χ2v) is 5.23. The van der Waals surface area contributed by atoms with E-state index in [2.05, 4.69) is 5.32 Å². The summed E-state index contributed by atoms with van der Waals surface area (Å²) in [5.74, 6) is -0.224. The highest BCUT2D eigenvalue weighted by Crippen LogP contribution is 2.15. The standard InChI is InChI=1S/C17H16ClNO2/c1-12-4-2-3-5-15(12)19-17(21)11-10-16(20)13-6-8-14(18)9-7-13/h2-9H,10-11H2,1H3,(H,19,21). The van der Waals surface area contributed by atoms with E-state index in [1.54, 1.807) is 24.3 Å². The summed E-state index contributed by atoms with van der Waals surface area (Å²) in [6.45, 7) is 1.93. The number of hydrogen-bond acceptors (Lipinski definition) is 2.